The molecule has 46 heavy (non-hydrogen) atoms. The minimum atomic E-state index is -4.04. The summed E-state index contributed by atoms with van der Waals surface area (Å²) < 4.78 is 48.3. The lowest BCUT2D eigenvalue weighted by Gasteiger charge is -2.34. The van der Waals surface area contributed by atoms with Crippen molar-refractivity contribution in [2.24, 2.45) is 5.92 Å². The number of nitrogens with one attached hydrogen (secondary N) is 2. The Balaban J connectivity index is 1.41. The highest BCUT2D eigenvalue weighted by Gasteiger charge is 2.32. The molecule has 0 spiro atoms. The standard InChI is InChI=1S/C34H37FN4O6S/c1-22-19-39(23(2)21-40)33(41)18-25-17-27(37-46(43,44)28-14-11-26(35)12-15-28)13-16-31(25)45-32(22)20-38(3)34(42)36-30-10-6-8-24-7-4-5-9-29(24)30/h4-17,22-23,32,37,40H,18-21H2,1-3H3,(H,36,42)/t22-,23-,32+/m0/s1. The maximum Gasteiger partial charge on any atom is 0.321 e. The second-order valence-corrected chi connectivity index (χ2v) is 13.3. The second-order valence-electron chi connectivity index (χ2n) is 11.6. The number of aliphatic hydroxyl groups is 1. The highest BCUT2D eigenvalue weighted by Crippen LogP contribution is 2.30. The molecule has 4 aromatic carbocycles. The Morgan fingerprint density at radius 2 is 1.80 bits per heavy atom. The molecule has 3 atom stereocenters. The number of benzene rings is 4. The lowest BCUT2D eigenvalue weighted by molar-refractivity contribution is -0.134. The number of aliphatic hydroxyl groups excluding tert-OH is 1. The van der Waals surface area contributed by atoms with Gasteiger partial charge in [0.2, 0.25) is 5.91 Å². The number of carbonyl (C=O) groups is 2. The van der Waals surface area contributed by atoms with Crippen LogP contribution < -0.4 is 14.8 Å². The first kappa shape index (κ1) is 32.7. The number of amides is 3. The van der Waals surface area contributed by atoms with E-state index in [9.17, 15) is 27.5 Å². The first-order valence-electron chi connectivity index (χ1n) is 14.9. The Labute approximate surface area is 267 Å². The molecule has 0 radical (unpaired) electrons. The molecule has 242 valence electrons. The molecule has 0 saturated carbocycles. The molecular formula is C34H37FN4O6S. The molecule has 5 rings (SSSR count). The number of rotatable bonds is 8. The van der Waals surface area contributed by atoms with Crippen molar-refractivity contribution in [2.75, 3.05) is 36.8 Å². The molecule has 0 saturated heterocycles. The molecule has 3 amide bonds. The van der Waals surface area contributed by atoms with Crippen molar-refractivity contribution >= 4 is 44.1 Å². The van der Waals surface area contributed by atoms with Crippen LogP contribution in [0.15, 0.2) is 89.8 Å². The van der Waals surface area contributed by atoms with Crippen molar-refractivity contribution in [3.8, 4) is 5.75 Å². The van der Waals surface area contributed by atoms with E-state index in [0.717, 1.165) is 35.0 Å². The summed E-state index contributed by atoms with van der Waals surface area (Å²) in [5.74, 6) is -0.710. The van der Waals surface area contributed by atoms with Gasteiger partial charge < -0.3 is 25.0 Å². The molecular weight excluding hydrogens is 611 g/mol. The zero-order valence-corrected chi connectivity index (χ0v) is 26.6. The maximum atomic E-state index is 13.5. The van der Waals surface area contributed by atoms with Crippen molar-refractivity contribution in [1.29, 1.82) is 0 Å². The van der Waals surface area contributed by atoms with Crippen molar-refractivity contribution in [2.45, 2.75) is 37.3 Å². The molecule has 0 fully saturated rings. The van der Waals surface area contributed by atoms with Crippen LogP contribution in [0, 0.1) is 11.7 Å². The Morgan fingerprint density at radius 1 is 1.09 bits per heavy atom. The van der Waals surface area contributed by atoms with E-state index < -0.39 is 28.0 Å². The van der Waals surface area contributed by atoms with Gasteiger partial charge >= 0.3 is 6.03 Å². The van der Waals surface area contributed by atoms with Gasteiger partial charge in [-0.05, 0) is 60.8 Å². The number of hydrogen-bond acceptors (Lipinski definition) is 6. The molecule has 1 heterocycles. The zero-order chi connectivity index (χ0) is 33.0. The Kier molecular flexibility index (Phi) is 9.78. The van der Waals surface area contributed by atoms with Crippen LogP contribution in [0.25, 0.3) is 10.8 Å². The molecule has 3 N–H and O–H groups in total. The normalized spacial score (nSPS) is 17.6. The summed E-state index contributed by atoms with van der Waals surface area (Å²) in [7, 11) is -2.38. The summed E-state index contributed by atoms with van der Waals surface area (Å²) in [4.78, 5) is 29.9. The monoisotopic (exact) mass is 648 g/mol. The topological polar surface area (TPSA) is 128 Å². The van der Waals surface area contributed by atoms with E-state index in [-0.39, 0.29) is 54.6 Å². The van der Waals surface area contributed by atoms with E-state index in [4.69, 9.17) is 4.74 Å². The van der Waals surface area contributed by atoms with E-state index in [0.29, 0.717) is 17.0 Å². The zero-order valence-electron chi connectivity index (χ0n) is 25.8. The Hall–Kier alpha value is -4.68. The predicted molar refractivity (Wildman–Crippen MR) is 175 cm³/mol. The summed E-state index contributed by atoms with van der Waals surface area (Å²) in [5, 5.41) is 14.8. The maximum absolute atomic E-state index is 13.5. The van der Waals surface area contributed by atoms with E-state index in [1.54, 1.807) is 24.9 Å². The Morgan fingerprint density at radius 3 is 2.54 bits per heavy atom. The fourth-order valence-corrected chi connectivity index (χ4v) is 6.49. The van der Waals surface area contributed by atoms with Gasteiger partial charge in [-0.15, -0.1) is 0 Å². The second kappa shape index (κ2) is 13.8. The minimum Gasteiger partial charge on any atom is -0.488 e. The Bertz CT molecular complexity index is 1830. The van der Waals surface area contributed by atoms with Crippen LogP contribution in [-0.2, 0) is 21.2 Å². The van der Waals surface area contributed by atoms with Crippen LogP contribution in [0.3, 0.4) is 0 Å². The number of fused-ring (bicyclic) bond motifs is 2. The number of likely N-dealkylation sites (N-methyl/N-ethyl adjacent to an activating group) is 1. The number of nitrogens with zero attached hydrogens (tertiary/aromatic N) is 2. The van der Waals surface area contributed by atoms with Crippen LogP contribution in [0.1, 0.15) is 19.4 Å². The molecule has 12 heteroatoms. The van der Waals surface area contributed by atoms with E-state index in [1.807, 2.05) is 49.4 Å². The van der Waals surface area contributed by atoms with Gasteiger partial charge in [-0.25, -0.2) is 17.6 Å². The van der Waals surface area contributed by atoms with Gasteiger partial charge in [-0.3, -0.25) is 9.52 Å². The van der Waals surface area contributed by atoms with Crippen molar-refractivity contribution in [3.63, 3.8) is 0 Å². The van der Waals surface area contributed by atoms with Crippen LogP contribution in [0.4, 0.5) is 20.6 Å². The largest absolute Gasteiger partial charge is 0.488 e. The van der Waals surface area contributed by atoms with E-state index in [1.165, 1.54) is 17.0 Å². The van der Waals surface area contributed by atoms with Gasteiger partial charge in [0.1, 0.15) is 17.7 Å². The summed E-state index contributed by atoms with van der Waals surface area (Å²) in [5.41, 5.74) is 1.30. The molecule has 4 aromatic rings. The average Bonchev–Trinajstić information content (AvgIpc) is 3.08. The highest BCUT2D eigenvalue weighted by atomic mass is 32.2. The SMILES string of the molecule is C[C@H]1CN([C@@H](C)CO)C(=O)Cc2cc(NS(=O)(=O)c3ccc(F)cc3)ccc2O[C@@H]1CN(C)C(=O)Nc1cccc2ccccc12. The molecule has 0 aromatic heterocycles. The highest BCUT2D eigenvalue weighted by molar-refractivity contribution is 7.92. The number of hydrogen-bond donors (Lipinski definition) is 3. The fourth-order valence-electron chi connectivity index (χ4n) is 5.44. The van der Waals surface area contributed by atoms with Crippen LogP contribution >= 0.6 is 0 Å². The lowest BCUT2D eigenvalue weighted by Crippen LogP contribution is -2.48. The number of anilines is 2. The molecule has 1 aliphatic rings. The third-order valence-corrected chi connectivity index (χ3v) is 9.52. The van der Waals surface area contributed by atoms with E-state index in [2.05, 4.69) is 10.0 Å². The van der Waals surface area contributed by atoms with Crippen LogP contribution in [0.2, 0.25) is 0 Å². The number of sulfonamides is 1. The van der Waals surface area contributed by atoms with Gasteiger partial charge in [-0.2, -0.15) is 0 Å². The third-order valence-electron chi connectivity index (χ3n) is 8.12. The summed E-state index contributed by atoms with van der Waals surface area (Å²) in [6.07, 6.45) is -0.675. The molecule has 0 aliphatic carbocycles. The van der Waals surface area contributed by atoms with Crippen molar-refractivity contribution in [3.05, 3.63) is 96.3 Å². The number of urea groups is 1. The number of carbonyl (C=O) groups excluding carboxylic acids is 2. The first-order chi connectivity index (χ1) is 21.9. The van der Waals surface area contributed by atoms with Gasteiger partial charge in [0.15, 0.2) is 0 Å². The summed E-state index contributed by atoms with van der Waals surface area (Å²) in [6.45, 7) is 3.85. The smallest absolute Gasteiger partial charge is 0.321 e. The quantitative estimate of drug-likeness (QED) is 0.244. The van der Waals surface area contributed by atoms with Gasteiger partial charge in [0.25, 0.3) is 10.0 Å². The van der Waals surface area contributed by atoms with Gasteiger partial charge in [0.05, 0.1) is 36.2 Å². The predicted octanol–water partition coefficient (Wildman–Crippen LogP) is 5.09. The molecule has 1 aliphatic heterocycles. The van der Waals surface area contributed by atoms with Crippen LogP contribution in [-0.4, -0.2) is 74.2 Å². The lowest BCUT2D eigenvalue weighted by atomic mass is 10.0. The summed E-state index contributed by atoms with van der Waals surface area (Å²) >= 11 is 0. The van der Waals surface area contributed by atoms with E-state index >= 15 is 0 Å². The minimum absolute atomic E-state index is 0.108. The molecule has 10 nitrogen and oxygen atoms in total. The van der Waals surface area contributed by atoms with Gasteiger partial charge in [0, 0.05) is 36.1 Å². The average molecular weight is 649 g/mol. The van der Waals surface area contributed by atoms with Crippen molar-refractivity contribution < 1.29 is 32.2 Å². The van der Waals surface area contributed by atoms with Crippen LogP contribution in [0.5, 0.6) is 5.75 Å². The number of ether oxygens (including phenoxy) is 1. The molecule has 0 bridgehead atoms. The number of halogens is 1. The summed E-state index contributed by atoms with van der Waals surface area (Å²) in [6, 6.07) is 21.7. The first-order valence-corrected chi connectivity index (χ1v) is 16.4. The third kappa shape index (κ3) is 7.40. The molecule has 0 unspecified atom stereocenters. The van der Waals surface area contributed by atoms with Crippen molar-refractivity contribution in [1.82, 2.24) is 9.80 Å². The fraction of sp³-hybridized carbons (Fsp3) is 0.294. The van der Waals surface area contributed by atoms with Gasteiger partial charge in [-0.1, -0.05) is 43.3 Å².